The van der Waals surface area contributed by atoms with Crippen molar-refractivity contribution in [3.63, 3.8) is 0 Å². The van der Waals surface area contributed by atoms with E-state index in [9.17, 15) is 9.90 Å². The second kappa shape index (κ2) is 10.1. The maximum atomic E-state index is 12.3. The van der Waals surface area contributed by atoms with Gasteiger partial charge in [0.05, 0.1) is 24.2 Å². The Kier molecular flexibility index (Phi) is 7.28. The van der Waals surface area contributed by atoms with Gasteiger partial charge in [-0.05, 0) is 37.8 Å². The highest BCUT2D eigenvalue weighted by atomic mass is 16.5. The molecule has 3 rings (SSSR count). The number of aryl methyl sites for hydroxylation is 1. The number of phenolic OH excluding ortho intramolecular Hbond substituents is 1. The molecule has 0 unspecified atom stereocenters. The summed E-state index contributed by atoms with van der Waals surface area (Å²) in [5, 5.41) is 10.4. The molecule has 0 bridgehead atoms. The number of Topliss-reactive ketones (excluding diaryl/α,β-unsaturated/α-hetero) is 1. The van der Waals surface area contributed by atoms with E-state index in [1.165, 1.54) is 0 Å². The molecule has 0 spiro atoms. The van der Waals surface area contributed by atoms with Gasteiger partial charge in [0.15, 0.2) is 5.78 Å². The summed E-state index contributed by atoms with van der Waals surface area (Å²) < 4.78 is 7.94. The number of imidazole rings is 1. The van der Waals surface area contributed by atoms with Gasteiger partial charge >= 0.3 is 0 Å². The summed E-state index contributed by atoms with van der Waals surface area (Å²) >= 11 is 0. The quantitative estimate of drug-likeness (QED) is 0.349. The molecule has 0 radical (unpaired) electrons. The lowest BCUT2D eigenvalue weighted by atomic mass is 9.98. The van der Waals surface area contributed by atoms with Crippen LogP contribution in [0.5, 0.6) is 11.5 Å². The summed E-state index contributed by atoms with van der Waals surface area (Å²) in [6.45, 7) is 7.19. The van der Waals surface area contributed by atoms with Crippen LogP contribution in [0.3, 0.4) is 0 Å². The van der Waals surface area contributed by atoms with Crippen molar-refractivity contribution in [2.45, 2.75) is 46.6 Å². The molecule has 2 aromatic carbocycles. The van der Waals surface area contributed by atoms with Crippen LogP contribution < -0.4 is 4.74 Å². The van der Waals surface area contributed by atoms with Crippen LogP contribution in [-0.4, -0.2) is 27.0 Å². The molecule has 0 aliphatic heterocycles. The number of ether oxygens (including phenoxy) is 1. The average molecular weight is 407 g/mol. The van der Waals surface area contributed by atoms with E-state index in [0.29, 0.717) is 29.9 Å². The monoisotopic (exact) mass is 406 g/mol. The number of phenols is 1. The number of carbonyl (C=O) groups is 1. The Labute approximate surface area is 178 Å². The molecule has 1 N–H and O–H groups in total. The predicted octanol–water partition coefficient (Wildman–Crippen LogP) is 5.65. The minimum Gasteiger partial charge on any atom is -0.507 e. The summed E-state index contributed by atoms with van der Waals surface area (Å²) in [5.74, 6) is 0.882. The zero-order chi connectivity index (χ0) is 21.5. The molecular weight excluding hydrogens is 376 g/mol. The lowest BCUT2D eigenvalue weighted by Gasteiger charge is -2.13. The van der Waals surface area contributed by atoms with Gasteiger partial charge in [0.1, 0.15) is 11.5 Å². The first-order valence-corrected chi connectivity index (χ1v) is 10.5. The Morgan fingerprint density at radius 3 is 2.63 bits per heavy atom. The van der Waals surface area contributed by atoms with Gasteiger partial charge in [-0.15, -0.1) is 0 Å². The molecule has 0 fully saturated rings. The molecule has 0 atom stereocenters. The third kappa shape index (κ3) is 5.50. The third-order valence-electron chi connectivity index (χ3n) is 5.05. The van der Waals surface area contributed by atoms with Crippen molar-refractivity contribution in [2.24, 2.45) is 5.92 Å². The van der Waals surface area contributed by atoms with Crippen LogP contribution in [0.2, 0.25) is 0 Å². The summed E-state index contributed by atoms with van der Waals surface area (Å²) in [6.07, 6.45) is 6.19. The third-order valence-corrected chi connectivity index (χ3v) is 5.05. The van der Waals surface area contributed by atoms with Gasteiger partial charge in [0, 0.05) is 30.3 Å². The minimum absolute atomic E-state index is 0.0324. The van der Waals surface area contributed by atoms with E-state index in [4.69, 9.17) is 4.74 Å². The van der Waals surface area contributed by atoms with E-state index in [0.717, 1.165) is 30.6 Å². The highest BCUT2D eigenvalue weighted by molar-refractivity contribution is 5.99. The van der Waals surface area contributed by atoms with Crippen LogP contribution in [0.4, 0.5) is 0 Å². The van der Waals surface area contributed by atoms with Gasteiger partial charge in [-0.3, -0.25) is 4.79 Å². The van der Waals surface area contributed by atoms with Crippen molar-refractivity contribution in [1.29, 1.82) is 0 Å². The van der Waals surface area contributed by atoms with E-state index in [2.05, 4.69) is 27.9 Å². The largest absolute Gasteiger partial charge is 0.507 e. The van der Waals surface area contributed by atoms with E-state index in [1.807, 2.05) is 38.4 Å². The Morgan fingerprint density at radius 2 is 1.90 bits per heavy atom. The zero-order valence-electron chi connectivity index (χ0n) is 18.0. The summed E-state index contributed by atoms with van der Waals surface area (Å²) in [7, 11) is 0. The lowest BCUT2D eigenvalue weighted by molar-refractivity contribution is 0.0965. The zero-order valence-corrected chi connectivity index (χ0v) is 18.0. The Bertz CT molecular complexity index is 977. The fraction of sp³-hybridized carbons (Fsp3) is 0.360. The number of nitrogens with zero attached hydrogens (tertiary/aromatic N) is 2. The average Bonchev–Trinajstić information content (AvgIpc) is 3.20. The van der Waals surface area contributed by atoms with Gasteiger partial charge in [0.2, 0.25) is 0 Å². The standard InChI is InChI=1S/C25H30N2O3/c1-18(2)15-23(28)21-11-12-24(19(3)25(21)29)30-14-8-7-13-27-16-22(26-17-27)20-9-5-4-6-10-20/h4-6,9-12,16-18,29H,7-8,13-15H2,1-3H3. The molecule has 3 aromatic rings. The first-order valence-electron chi connectivity index (χ1n) is 10.5. The van der Waals surface area contributed by atoms with Gasteiger partial charge in [-0.1, -0.05) is 44.2 Å². The Balaban J connectivity index is 1.47. The van der Waals surface area contributed by atoms with Crippen molar-refractivity contribution < 1.29 is 14.6 Å². The van der Waals surface area contributed by atoms with Crippen molar-refractivity contribution in [3.8, 4) is 22.8 Å². The number of ketones is 1. The molecule has 158 valence electrons. The molecular formula is C25H30N2O3. The lowest BCUT2D eigenvalue weighted by Crippen LogP contribution is -2.06. The fourth-order valence-electron chi connectivity index (χ4n) is 3.36. The van der Waals surface area contributed by atoms with Gasteiger partial charge in [0.25, 0.3) is 0 Å². The molecule has 0 amide bonds. The number of benzene rings is 2. The number of hydrogen-bond acceptors (Lipinski definition) is 4. The topological polar surface area (TPSA) is 64.4 Å². The van der Waals surface area contributed by atoms with Crippen molar-refractivity contribution in [3.05, 3.63) is 66.1 Å². The fourth-order valence-corrected chi connectivity index (χ4v) is 3.36. The van der Waals surface area contributed by atoms with Crippen LogP contribution in [0.15, 0.2) is 55.0 Å². The van der Waals surface area contributed by atoms with E-state index in [1.54, 1.807) is 19.1 Å². The molecule has 30 heavy (non-hydrogen) atoms. The number of carbonyl (C=O) groups excluding carboxylic acids is 1. The van der Waals surface area contributed by atoms with E-state index < -0.39 is 0 Å². The van der Waals surface area contributed by atoms with Crippen molar-refractivity contribution in [2.75, 3.05) is 6.61 Å². The summed E-state index contributed by atoms with van der Waals surface area (Å²) in [4.78, 5) is 16.7. The van der Waals surface area contributed by atoms with Crippen molar-refractivity contribution in [1.82, 2.24) is 9.55 Å². The first-order chi connectivity index (χ1) is 14.5. The van der Waals surface area contributed by atoms with Crippen LogP contribution in [-0.2, 0) is 6.54 Å². The van der Waals surface area contributed by atoms with Gasteiger partial charge in [-0.2, -0.15) is 0 Å². The second-order valence-corrected chi connectivity index (χ2v) is 8.02. The molecule has 5 nitrogen and oxygen atoms in total. The minimum atomic E-state index is -0.0349. The molecule has 0 aliphatic rings. The molecule has 1 aromatic heterocycles. The summed E-state index contributed by atoms with van der Waals surface area (Å²) in [6, 6.07) is 13.6. The molecule has 5 heteroatoms. The second-order valence-electron chi connectivity index (χ2n) is 8.02. The number of rotatable bonds is 10. The molecule has 1 heterocycles. The SMILES string of the molecule is Cc1c(OCCCCn2cnc(-c3ccccc3)c2)ccc(C(=O)CC(C)C)c1O. The molecule has 0 aliphatic carbocycles. The van der Waals surface area contributed by atoms with Crippen LogP contribution >= 0.6 is 0 Å². The number of hydrogen-bond donors (Lipinski definition) is 1. The normalized spacial score (nSPS) is 11.1. The maximum Gasteiger partial charge on any atom is 0.166 e. The van der Waals surface area contributed by atoms with Crippen molar-refractivity contribution >= 4 is 5.78 Å². The number of aromatic hydroxyl groups is 1. The summed E-state index contributed by atoms with van der Waals surface area (Å²) in [5.41, 5.74) is 3.09. The van der Waals surface area contributed by atoms with Gasteiger partial charge < -0.3 is 14.4 Å². The molecule has 0 saturated heterocycles. The van der Waals surface area contributed by atoms with E-state index in [-0.39, 0.29) is 17.5 Å². The Morgan fingerprint density at radius 1 is 1.13 bits per heavy atom. The highest BCUT2D eigenvalue weighted by Crippen LogP contribution is 2.32. The number of aromatic nitrogens is 2. The van der Waals surface area contributed by atoms with Crippen LogP contribution in [0.1, 0.15) is 49.0 Å². The Hall–Kier alpha value is -3.08. The van der Waals surface area contributed by atoms with Crippen LogP contribution in [0, 0.1) is 12.8 Å². The maximum absolute atomic E-state index is 12.3. The highest BCUT2D eigenvalue weighted by Gasteiger charge is 2.17. The number of unbranched alkanes of at least 4 members (excludes halogenated alkanes) is 1. The molecule has 0 saturated carbocycles. The first kappa shape index (κ1) is 21.6. The van der Waals surface area contributed by atoms with Gasteiger partial charge in [-0.25, -0.2) is 4.98 Å². The predicted molar refractivity (Wildman–Crippen MR) is 119 cm³/mol. The smallest absolute Gasteiger partial charge is 0.166 e. The van der Waals surface area contributed by atoms with E-state index >= 15 is 0 Å². The van der Waals surface area contributed by atoms with Crippen LogP contribution in [0.25, 0.3) is 11.3 Å².